The van der Waals surface area contributed by atoms with E-state index in [0.29, 0.717) is 60.9 Å². The maximum atomic E-state index is 13.2. The third kappa shape index (κ3) is 7.34. The lowest BCUT2D eigenvalue weighted by molar-refractivity contribution is -0.128. The zero-order valence-corrected chi connectivity index (χ0v) is 27.3. The largest absolute Gasteiger partial charge is 0.506 e. The summed E-state index contributed by atoms with van der Waals surface area (Å²) in [7, 11) is 0. The first-order valence-electron chi connectivity index (χ1n) is 16.1. The van der Waals surface area contributed by atoms with Crippen LogP contribution in [0, 0.1) is 0 Å². The van der Waals surface area contributed by atoms with Gasteiger partial charge in [-0.25, -0.2) is 4.98 Å². The molecule has 2 aromatic heterocycles. The lowest BCUT2D eigenvalue weighted by atomic mass is 9.89. The fraction of sp³-hybridized carbons (Fsp3) is 0.457. The van der Waals surface area contributed by atoms with Crippen molar-refractivity contribution in [2.45, 2.75) is 57.3 Å². The van der Waals surface area contributed by atoms with Gasteiger partial charge in [0, 0.05) is 55.5 Å². The topological polar surface area (TPSA) is 131 Å². The highest BCUT2D eigenvalue weighted by atomic mass is 32.1. The normalized spacial score (nSPS) is 17.6. The van der Waals surface area contributed by atoms with E-state index in [2.05, 4.69) is 58.3 Å². The Morgan fingerprint density at radius 1 is 1.13 bits per heavy atom. The number of H-pyrrole nitrogens is 1. The van der Waals surface area contributed by atoms with Gasteiger partial charge in [-0.1, -0.05) is 44.2 Å². The molecule has 4 N–H and O–H groups in total. The van der Waals surface area contributed by atoms with E-state index >= 15 is 0 Å². The molecule has 1 amide bonds. The number of aromatic nitrogens is 2. The van der Waals surface area contributed by atoms with Crippen molar-refractivity contribution in [3.63, 3.8) is 0 Å². The molecule has 0 aliphatic carbocycles. The van der Waals surface area contributed by atoms with Crippen LogP contribution in [0.3, 0.4) is 0 Å². The van der Waals surface area contributed by atoms with Gasteiger partial charge in [-0.05, 0) is 54.6 Å². The highest BCUT2D eigenvalue weighted by Gasteiger charge is 2.41. The fourth-order valence-electron chi connectivity index (χ4n) is 6.53. The number of thiazole rings is 1. The van der Waals surface area contributed by atoms with Gasteiger partial charge in [0.25, 0.3) is 5.91 Å². The van der Waals surface area contributed by atoms with Crippen LogP contribution in [0.4, 0.5) is 0 Å². The number of nitrogens with one attached hydrogen (secondary N) is 2. The van der Waals surface area contributed by atoms with Gasteiger partial charge in [0.15, 0.2) is 0 Å². The zero-order chi connectivity index (χ0) is 32.3. The fourth-order valence-corrected chi connectivity index (χ4v) is 7.33. The number of carbonyl (C=O) groups is 1. The maximum Gasteiger partial charge on any atom is 0.273 e. The number of pyridine rings is 1. The van der Waals surface area contributed by atoms with E-state index in [1.54, 1.807) is 23.5 Å². The molecular weight excluding hydrogens is 602 g/mol. The molecule has 0 unspecified atom stereocenters. The van der Waals surface area contributed by atoms with Crippen molar-refractivity contribution >= 4 is 28.1 Å². The number of piperidine rings is 1. The van der Waals surface area contributed by atoms with Crippen LogP contribution in [-0.2, 0) is 17.7 Å². The van der Waals surface area contributed by atoms with Crippen LogP contribution in [0.15, 0.2) is 58.7 Å². The molecule has 0 radical (unpaired) electrons. The van der Waals surface area contributed by atoms with E-state index in [4.69, 9.17) is 4.74 Å². The number of carbonyl (C=O) groups excluding carboxylic acids is 1. The van der Waals surface area contributed by atoms with E-state index in [0.717, 1.165) is 43.9 Å². The molecule has 2 fully saturated rings. The number of aliphatic hydroxyl groups is 1. The minimum absolute atomic E-state index is 0.0143. The molecule has 2 aliphatic rings. The number of aliphatic hydroxyl groups excluding tert-OH is 1. The number of fused-ring (bicyclic) bond motifs is 1. The molecule has 0 bridgehead atoms. The molecule has 46 heavy (non-hydrogen) atoms. The van der Waals surface area contributed by atoms with Crippen molar-refractivity contribution in [1.29, 1.82) is 0 Å². The Balaban J connectivity index is 0.970. The van der Waals surface area contributed by atoms with Crippen LogP contribution in [0.5, 0.6) is 5.75 Å². The average Bonchev–Trinajstić information content (AvgIpc) is 3.56. The molecule has 4 heterocycles. The Morgan fingerprint density at radius 3 is 2.72 bits per heavy atom. The van der Waals surface area contributed by atoms with Crippen molar-refractivity contribution < 1.29 is 19.7 Å². The number of nitrogens with zero attached hydrogens (tertiary/aromatic N) is 3. The van der Waals surface area contributed by atoms with Crippen molar-refractivity contribution in [2.75, 3.05) is 45.9 Å². The first-order valence-corrected chi connectivity index (χ1v) is 17.0. The quantitative estimate of drug-likeness (QED) is 0.189. The standard InChI is InChI=1S/C35H43N5O5S/c1-23(2)33-37-28(21-46-33)34(44)40-16-17-45-35(22-40)11-14-39(15-12-35)20-25-5-3-4-24(18-25)10-13-36-19-30(42)26-6-8-29(41)32-27(26)7-9-31(43)38-32/h3-9,18,21,23,30,36,41-42H,10-17,19-20,22H2,1-2H3,(H,38,43)/t30-/m0/s1. The summed E-state index contributed by atoms with van der Waals surface area (Å²) in [5, 5.41) is 27.8. The van der Waals surface area contributed by atoms with Crippen molar-refractivity contribution in [1.82, 2.24) is 25.1 Å². The van der Waals surface area contributed by atoms with Crippen molar-refractivity contribution in [3.05, 3.63) is 91.7 Å². The number of aromatic hydroxyl groups is 1. The Hall–Kier alpha value is -3.61. The molecule has 2 saturated heterocycles. The lowest BCUT2D eigenvalue weighted by Crippen LogP contribution is -2.58. The van der Waals surface area contributed by atoms with Gasteiger partial charge in [-0.3, -0.25) is 14.5 Å². The van der Waals surface area contributed by atoms with Gasteiger partial charge in [-0.2, -0.15) is 0 Å². The van der Waals surface area contributed by atoms with Crippen LogP contribution in [-0.4, -0.2) is 87.4 Å². The number of benzene rings is 2. The van der Waals surface area contributed by atoms with E-state index in [1.807, 2.05) is 10.3 Å². The van der Waals surface area contributed by atoms with Gasteiger partial charge in [0.05, 0.1) is 35.4 Å². The third-order valence-electron chi connectivity index (χ3n) is 9.13. The number of morpholine rings is 1. The smallest absolute Gasteiger partial charge is 0.273 e. The third-order valence-corrected chi connectivity index (χ3v) is 10.3. The number of phenols is 1. The number of phenolic OH excluding ortho intramolecular Hbond substituents is 1. The summed E-state index contributed by atoms with van der Waals surface area (Å²) < 4.78 is 6.33. The van der Waals surface area contributed by atoms with Crippen LogP contribution in [0.25, 0.3) is 10.9 Å². The predicted molar refractivity (Wildman–Crippen MR) is 180 cm³/mol. The average molecular weight is 646 g/mol. The summed E-state index contributed by atoms with van der Waals surface area (Å²) in [5.41, 5.74) is 3.45. The second-order valence-corrected chi connectivity index (χ2v) is 13.7. The Kier molecular flexibility index (Phi) is 9.86. The SMILES string of the molecule is CC(C)c1nc(C(=O)N2CCOC3(CCN(Cc4cccc(CCNC[C@H](O)c5ccc(O)c6[nH]c(=O)ccc56)c4)CC3)C2)cs1. The van der Waals surface area contributed by atoms with Gasteiger partial charge in [-0.15, -0.1) is 11.3 Å². The minimum atomic E-state index is -0.786. The number of amides is 1. The Bertz CT molecular complexity index is 1730. The summed E-state index contributed by atoms with van der Waals surface area (Å²) in [6, 6.07) is 14.9. The second-order valence-electron chi connectivity index (χ2n) is 12.8. The highest BCUT2D eigenvalue weighted by Crippen LogP contribution is 2.32. The molecule has 4 aromatic rings. The summed E-state index contributed by atoms with van der Waals surface area (Å²) in [6.07, 6.45) is 1.82. The second kappa shape index (κ2) is 14.0. The number of rotatable bonds is 10. The van der Waals surface area contributed by atoms with Crippen LogP contribution in [0.2, 0.25) is 0 Å². The van der Waals surface area contributed by atoms with E-state index in [1.165, 1.54) is 23.3 Å². The van der Waals surface area contributed by atoms with Crippen LogP contribution >= 0.6 is 11.3 Å². The number of ether oxygens (including phenoxy) is 1. The molecular formula is C35H43N5O5S. The lowest BCUT2D eigenvalue weighted by Gasteiger charge is -2.47. The van der Waals surface area contributed by atoms with Gasteiger partial charge in [0.1, 0.15) is 11.4 Å². The summed E-state index contributed by atoms with van der Waals surface area (Å²) in [4.78, 5) is 36.5. The Labute approximate surface area is 273 Å². The molecule has 244 valence electrons. The molecule has 10 nitrogen and oxygen atoms in total. The van der Waals surface area contributed by atoms with Gasteiger partial charge >= 0.3 is 0 Å². The zero-order valence-electron chi connectivity index (χ0n) is 26.5. The van der Waals surface area contributed by atoms with Crippen LogP contribution in [0.1, 0.15) is 70.9 Å². The number of hydrogen-bond donors (Lipinski definition) is 4. The minimum Gasteiger partial charge on any atom is -0.506 e. The summed E-state index contributed by atoms with van der Waals surface area (Å²) >= 11 is 1.56. The van der Waals surface area contributed by atoms with Crippen molar-refractivity contribution in [3.8, 4) is 5.75 Å². The van der Waals surface area contributed by atoms with Gasteiger partial charge < -0.3 is 30.2 Å². The van der Waals surface area contributed by atoms with E-state index in [-0.39, 0.29) is 22.8 Å². The monoisotopic (exact) mass is 645 g/mol. The highest BCUT2D eigenvalue weighted by molar-refractivity contribution is 7.09. The predicted octanol–water partition coefficient (Wildman–Crippen LogP) is 4.19. The molecule has 1 atom stereocenters. The van der Waals surface area contributed by atoms with Crippen molar-refractivity contribution in [2.24, 2.45) is 0 Å². The molecule has 0 saturated carbocycles. The van der Waals surface area contributed by atoms with Gasteiger partial charge in [0.2, 0.25) is 5.56 Å². The van der Waals surface area contributed by atoms with E-state index < -0.39 is 6.10 Å². The number of aromatic amines is 1. The number of likely N-dealkylation sites (tertiary alicyclic amines) is 1. The Morgan fingerprint density at radius 2 is 1.93 bits per heavy atom. The van der Waals surface area contributed by atoms with Crippen LogP contribution < -0.4 is 10.9 Å². The molecule has 6 rings (SSSR count). The maximum absolute atomic E-state index is 13.2. The van der Waals surface area contributed by atoms with E-state index in [9.17, 15) is 19.8 Å². The first kappa shape index (κ1) is 32.3. The molecule has 2 aromatic carbocycles. The molecule has 2 aliphatic heterocycles. The molecule has 1 spiro atoms. The number of hydrogen-bond acceptors (Lipinski definition) is 9. The summed E-state index contributed by atoms with van der Waals surface area (Å²) in [6.45, 7) is 9.73. The molecule has 11 heteroatoms. The first-order chi connectivity index (χ1) is 22.2. The summed E-state index contributed by atoms with van der Waals surface area (Å²) in [5.74, 6) is 0.312.